The number of hydrogen-bond acceptors (Lipinski definition) is 6. The van der Waals surface area contributed by atoms with Crippen LogP contribution in [0.3, 0.4) is 0 Å². The van der Waals surface area contributed by atoms with E-state index in [-0.39, 0.29) is 11.3 Å². The normalized spacial score (nSPS) is 26.0. The van der Waals surface area contributed by atoms with E-state index in [9.17, 15) is 25.2 Å². The van der Waals surface area contributed by atoms with Crippen LogP contribution in [0.4, 0.5) is 0 Å². The highest BCUT2D eigenvalue weighted by molar-refractivity contribution is 5.31. The lowest BCUT2D eigenvalue weighted by atomic mass is 10.0. The lowest BCUT2D eigenvalue weighted by molar-refractivity contribution is -0.0545. The Bertz CT molecular complexity index is 775. The summed E-state index contributed by atoms with van der Waals surface area (Å²) >= 11 is 0. The molecule has 0 spiro atoms. The molecule has 2 unspecified atom stereocenters. The Balaban J connectivity index is 1.86. The van der Waals surface area contributed by atoms with E-state index in [2.05, 4.69) is 0 Å². The number of rotatable bonds is 5. The minimum atomic E-state index is -1.35. The first kappa shape index (κ1) is 17.6. The molecular formula is C18H21NO6. The summed E-state index contributed by atoms with van der Waals surface area (Å²) < 4.78 is 6.53. The Hall–Kier alpha value is -2.19. The van der Waals surface area contributed by atoms with Crippen molar-refractivity contribution in [2.45, 2.75) is 37.4 Å². The number of pyridine rings is 1. The van der Waals surface area contributed by atoms with E-state index in [1.165, 1.54) is 12.3 Å². The fourth-order valence-electron chi connectivity index (χ4n) is 3.04. The number of benzene rings is 1. The SMILES string of the molecule is O=c1c(CCc2ccccc2)c(O)ccn1[C@@H]1O[C@H](CO)C(O)C1O. The maximum absolute atomic E-state index is 12.7. The second-order valence-electron chi connectivity index (χ2n) is 6.11. The van der Waals surface area contributed by atoms with E-state index in [1.807, 2.05) is 30.3 Å². The Morgan fingerprint density at radius 1 is 1.04 bits per heavy atom. The van der Waals surface area contributed by atoms with Gasteiger partial charge in [0.05, 0.1) is 12.2 Å². The summed E-state index contributed by atoms with van der Waals surface area (Å²) in [5.41, 5.74) is 0.750. The van der Waals surface area contributed by atoms with Crippen LogP contribution in [0, 0.1) is 0 Å². The Morgan fingerprint density at radius 2 is 1.76 bits per heavy atom. The molecule has 1 fully saturated rings. The molecule has 1 aliphatic heterocycles. The molecule has 25 heavy (non-hydrogen) atoms. The van der Waals surface area contributed by atoms with Gasteiger partial charge in [-0.05, 0) is 24.5 Å². The number of nitrogens with zero attached hydrogens (tertiary/aromatic N) is 1. The van der Waals surface area contributed by atoms with Crippen LogP contribution in [0.25, 0.3) is 0 Å². The van der Waals surface area contributed by atoms with Crippen molar-refractivity contribution in [3.8, 4) is 5.75 Å². The van der Waals surface area contributed by atoms with Crippen molar-refractivity contribution in [1.82, 2.24) is 4.57 Å². The van der Waals surface area contributed by atoms with Crippen LogP contribution < -0.4 is 5.56 Å². The third-order valence-corrected chi connectivity index (χ3v) is 4.49. The quantitative estimate of drug-likeness (QED) is 0.603. The van der Waals surface area contributed by atoms with Crippen LogP contribution in [-0.4, -0.2) is 49.9 Å². The molecule has 0 aliphatic carbocycles. The molecule has 2 aromatic rings. The van der Waals surface area contributed by atoms with E-state index in [0.717, 1.165) is 10.1 Å². The van der Waals surface area contributed by atoms with E-state index < -0.39 is 36.7 Å². The molecule has 1 saturated heterocycles. The smallest absolute Gasteiger partial charge is 0.259 e. The first-order valence-corrected chi connectivity index (χ1v) is 8.12. The fourth-order valence-corrected chi connectivity index (χ4v) is 3.04. The van der Waals surface area contributed by atoms with Crippen molar-refractivity contribution in [1.29, 1.82) is 0 Å². The highest BCUT2D eigenvalue weighted by Crippen LogP contribution is 2.29. The average Bonchev–Trinajstić information content (AvgIpc) is 2.91. The van der Waals surface area contributed by atoms with Gasteiger partial charge in [0.25, 0.3) is 5.56 Å². The standard InChI is InChI=1S/C18H21NO6/c20-10-14-15(22)16(23)18(25-14)19-9-8-13(21)12(17(19)24)7-6-11-4-2-1-3-5-11/h1-5,8-9,14-16,18,20-23H,6-7,10H2/t14-,15?,16?,18-/m1/s1. The highest BCUT2D eigenvalue weighted by Gasteiger charge is 2.43. The molecular weight excluding hydrogens is 326 g/mol. The Morgan fingerprint density at radius 3 is 2.40 bits per heavy atom. The van der Waals surface area contributed by atoms with Crippen molar-refractivity contribution < 1.29 is 25.2 Å². The Kier molecular flexibility index (Phi) is 5.19. The van der Waals surface area contributed by atoms with Gasteiger partial charge in [-0.3, -0.25) is 9.36 Å². The van der Waals surface area contributed by atoms with Crippen molar-refractivity contribution in [2.24, 2.45) is 0 Å². The van der Waals surface area contributed by atoms with E-state index >= 15 is 0 Å². The van der Waals surface area contributed by atoms with Crippen LogP contribution in [0.15, 0.2) is 47.4 Å². The summed E-state index contributed by atoms with van der Waals surface area (Å²) in [6.07, 6.45) is -2.51. The Labute approximate surface area is 144 Å². The molecule has 0 radical (unpaired) electrons. The summed E-state index contributed by atoms with van der Waals surface area (Å²) in [7, 11) is 0. The molecule has 0 bridgehead atoms. The number of aliphatic hydroxyl groups is 3. The van der Waals surface area contributed by atoms with Gasteiger partial charge < -0.3 is 25.2 Å². The van der Waals surface area contributed by atoms with Gasteiger partial charge in [-0.1, -0.05) is 30.3 Å². The molecule has 0 amide bonds. The zero-order chi connectivity index (χ0) is 18.0. The number of aliphatic hydroxyl groups excluding tert-OH is 3. The first-order valence-electron chi connectivity index (χ1n) is 8.12. The molecule has 0 saturated carbocycles. The van der Waals surface area contributed by atoms with E-state index in [0.29, 0.717) is 12.8 Å². The van der Waals surface area contributed by atoms with Crippen LogP contribution in [0.5, 0.6) is 5.75 Å². The first-order chi connectivity index (χ1) is 12.0. The summed E-state index contributed by atoms with van der Waals surface area (Å²) in [6, 6.07) is 10.9. The van der Waals surface area contributed by atoms with Crippen molar-refractivity contribution in [2.75, 3.05) is 6.61 Å². The molecule has 1 aromatic carbocycles. The summed E-state index contributed by atoms with van der Waals surface area (Å²) in [5.74, 6) is -0.121. The predicted molar refractivity (Wildman–Crippen MR) is 89.2 cm³/mol. The summed E-state index contributed by atoms with van der Waals surface area (Å²) in [4.78, 5) is 12.7. The largest absolute Gasteiger partial charge is 0.507 e. The molecule has 4 N–H and O–H groups in total. The minimum absolute atomic E-state index is 0.121. The van der Waals surface area contributed by atoms with Crippen molar-refractivity contribution in [3.63, 3.8) is 0 Å². The lowest BCUT2D eigenvalue weighted by Crippen LogP contribution is -2.36. The third-order valence-electron chi connectivity index (χ3n) is 4.49. The maximum Gasteiger partial charge on any atom is 0.259 e. The molecule has 4 atom stereocenters. The summed E-state index contributed by atoms with van der Waals surface area (Å²) in [5, 5.41) is 39.2. The van der Waals surface area contributed by atoms with Crippen LogP contribution in [-0.2, 0) is 17.6 Å². The second-order valence-corrected chi connectivity index (χ2v) is 6.11. The molecule has 7 nitrogen and oxygen atoms in total. The van der Waals surface area contributed by atoms with Gasteiger partial charge in [-0.15, -0.1) is 0 Å². The second kappa shape index (κ2) is 7.37. The fraction of sp³-hybridized carbons (Fsp3) is 0.389. The molecule has 2 heterocycles. The number of aryl methyl sites for hydroxylation is 1. The highest BCUT2D eigenvalue weighted by atomic mass is 16.6. The van der Waals surface area contributed by atoms with Gasteiger partial charge >= 0.3 is 0 Å². The predicted octanol–water partition coefficient (Wildman–Crippen LogP) is -0.0494. The van der Waals surface area contributed by atoms with Gasteiger partial charge in [0, 0.05) is 6.20 Å². The van der Waals surface area contributed by atoms with Crippen LogP contribution in [0.2, 0.25) is 0 Å². The number of hydrogen-bond donors (Lipinski definition) is 4. The maximum atomic E-state index is 12.7. The van der Waals surface area contributed by atoms with Crippen LogP contribution >= 0.6 is 0 Å². The summed E-state index contributed by atoms with van der Waals surface area (Å²) in [6.45, 7) is -0.470. The van der Waals surface area contributed by atoms with Gasteiger partial charge in [0.15, 0.2) is 6.23 Å². The number of aromatic hydroxyl groups is 1. The van der Waals surface area contributed by atoms with Gasteiger partial charge in [0.1, 0.15) is 24.1 Å². The van der Waals surface area contributed by atoms with Crippen LogP contribution in [0.1, 0.15) is 17.4 Å². The van der Waals surface area contributed by atoms with Gasteiger partial charge in [-0.2, -0.15) is 0 Å². The number of aromatic nitrogens is 1. The number of ether oxygens (including phenoxy) is 1. The zero-order valence-corrected chi connectivity index (χ0v) is 13.5. The molecule has 3 rings (SSSR count). The average molecular weight is 347 g/mol. The molecule has 134 valence electrons. The third kappa shape index (κ3) is 3.45. The van der Waals surface area contributed by atoms with E-state index in [1.54, 1.807) is 0 Å². The van der Waals surface area contributed by atoms with Gasteiger partial charge in [-0.25, -0.2) is 0 Å². The zero-order valence-electron chi connectivity index (χ0n) is 13.5. The molecule has 7 heteroatoms. The van der Waals surface area contributed by atoms with Crippen molar-refractivity contribution in [3.05, 3.63) is 64.1 Å². The minimum Gasteiger partial charge on any atom is -0.507 e. The van der Waals surface area contributed by atoms with Gasteiger partial charge in [0.2, 0.25) is 0 Å². The lowest BCUT2D eigenvalue weighted by Gasteiger charge is -2.19. The van der Waals surface area contributed by atoms with Crippen molar-refractivity contribution >= 4 is 0 Å². The van der Waals surface area contributed by atoms with E-state index in [4.69, 9.17) is 4.74 Å². The topological polar surface area (TPSA) is 112 Å². The molecule has 1 aliphatic rings. The molecule has 1 aromatic heterocycles. The monoisotopic (exact) mass is 347 g/mol.